The van der Waals surface area contributed by atoms with Crippen LogP contribution >= 0.6 is 0 Å². The van der Waals surface area contributed by atoms with Gasteiger partial charge in [-0.05, 0) is 30.7 Å². The second-order valence-electron chi connectivity index (χ2n) is 4.59. The number of nitrogens with zero attached hydrogens (tertiary/aromatic N) is 1. The molecular weight excluding hydrogens is 224 g/mol. The predicted octanol–water partition coefficient (Wildman–Crippen LogP) is 3.33. The lowest BCUT2D eigenvalue weighted by Crippen LogP contribution is -2.20. The van der Waals surface area contributed by atoms with Gasteiger partial charge < -0.3 is 10.1 Å². The number of fused-ring (bicyclic) bond motifs is 1. The normalized spacial score (nSPS) is 17.7. The summed E-state index contributed by atoms with van der Waals surface area (Å²) in [5.74, 6) is 1.91. The maximum atomic E-state index is 5.65. The zero-order chi connectivity index (χ0) is 12.4. The van der Waals surface area contributed by atoms with Crippen molar-refractivity contribution in [3.05, 3.63) is 53.7 Å². The number of rotatable bonds is 2. The zero-order valence-corrected chi connectivity index (χ0v) is 10.4. The smallest absolute Gasteiger partial charge is 0.126 e. The Hall–Kier alpha value is -2.03. The van der Waals surface area contributed by atoms with Crippen LogP contribution in [0.25, 0.3) is 0 Å². The van der Waals surface area contributed by atoms with Gasteiger partial charge in [0.2, 0.25) is 0 Å². The van der Waals surface area contributed by atoms with Gasteiger partial charge in [-0.15, -0.1) is 0 Å². The van der Waals surface area contributed by atoms with Crippen molar-refractivity contribution in [2.45, 2.75) is 19.4 Å². The SMILES string of the molecule is Cc1ccnc(NC2CCOc3ccccc32)c1. The number of para-hydroxylation sites is 1. The van der Waals surface area contributed by atoms with Crippen LogP contribution < -0.4 is 10.1 Å². The van der Waals surface area contributed by atoms with E-state index in [-0.39, 0.29) is 6.04 Å². The molecule has 0 amide bonds. The molecule has 0 saturated carbocycles. The summed E-state index contributed by atoms with van der Waals surface area (Å²) in [6.07, 6.45) is 2.80. The number of aromatic nitrogens is 1. The molecule has 2 aromatic rings. The van der Waals surface area contributed by atoms with Crippen molar-refractivity contribution >= 4 is 5.82 Å². The molecule has 1 aromatic carbocycles. The van der Waals surface area contributed by atoms with Gasteiger partial charge >= 0.3 is 0 Å². The molecule has 0 spiro atoms. The highest BCUT2D eigenvalue weighted by Crippen LogP contribution is 2.33. The Morgan fingerprint density at radius 2 is 2.17 bits per heavy atom. The van der Waals surface area contributed by atoms with Gasteiger partial charge in [0.05, 0.1) is 12.6 Å². The van der Waals surface area contributed by atoms with E-state index in [1.807, 2.05) is 30.5 Å². The van der Waals surface area contributed by atoms with Crippen LogP contribution in [0.5, 0.6) is 5.75 Å². The average Bonchev–Trinajstić information content (AvgIpc) is 2.39. The first-order valence-corrected chi connectivity index (χ1v) is 6.24. The van der Waals surface area contributed by atoms with Gasteiger partial charge in [-0.25, -0.2) is 4.98 Å². The molecule has 0 saturated heterocycles. The van der Waals surface area contributed by atoms with Crippen LogP contribution in [-0.4, -0.2) is 11.6 Å². The summed E-state index contributed by atoms with van der Waals surface area (Å²) >= 11 is 0. The number of anilines is 1. The zero-order valence-electron chi connectivity index (χ0n) is 10.4. The van der Waals surface area contributed by atoms with Crippen LogP contribution in [0.2, 0.25) is 0 Å². The van der Waals surface area contributed by atoms with Gasteiger partial charge in [-0.2, -0.15) is 0 Å². The lowest BCUT2D eigenvalue weighted by Gasteiger charge is -2.27. The summed E-state index contributed by atoms with van der Waals surface area (Å²) in [6.45, 7) is 2.82. The molecule has 92 valence electrons. The highest BCUT2D eigenvalue weighted by molar-refractivity contribution is 5.45. The first-order chi connectivity index (χ1) is 8.83. The van der Waals surface area contributed by atoms with E-state index in [0.29, 0.717) is 0 Å². The highest BCUT2D eigenvalue weighted by Gasteiger charge is 2.20. The largest absolute Gasteiger partial charge is 0.493 e. The van der Waals surface area contributed by atoms with Crippen LogP contribution in [0.3, 0.4) is 0 Å². The van der Waals surface area contributed by atoms with Crippen molar-refractivity contribution in [1.29, 1.82) is 0 Å². The van der Waals surface area contributed by atoms with Gasteiger partial charge in [0.1, 0.15) is 11.6 Å². The van der Waals surface area contributed by atoms with Crippen LogP contribution in [0.15, 0.2) is 42.6 Å². The van der Waals surface area contributed by atoms with E-state index in [4.69, 9.17) is 4.74 Å². The molecule has 1 aromatic heterocycles. The van der Waals surface area contributed by atoms with Crippen LogP contribution in [0.1, 0.15) is 23.6 Å². The van der Waals surface area contributed by atoms with Gasteiger partial charge in [-0.3, -0.25) is 0 Å². The highest BCUT2D eigenvalue weighted by atomic mass is 16.5. The number of hydrogen-bond acceptors (Lipinski definition) is 3. The second-order valence-corrected chi connectivity index (χ2v) is 4.59. The number of pyridine rings is 1. The van der Waals surface area contributed by atoms with E-state index in [2.05, 4.69) is 29.4 Å². The third-order valence-electron chi connectivity index (χ3n) is 3.20. The van der Waals surface area contributed by atoms with Crippen LogP contribution in [0, 0.1) is 6.92 Å². The van der Waals surface area contributed by atoms with E-state index in [1.54, 1.807) is 0 Å². The Bertz CT molecular complexity index is 554. The minimum atomic E-state index is 0.282. The monoisotopic (exact) mass is 240 g/mol. The fraction of sp³-hybridized carbons (Fsp3) is 0.267. The summed E-state index contributed by atoms with van der Waals surface area (Å²) in [7, 11) is 0. The van der Waals surface area contributed by atoms with Crippen molar-refractivity contribution in [3.63, 3.8) is 0 Å². The molecule has 0 fully saturated rings. The lowest BCUT2D eigenvalue weighted by molar-refractivity contribution is 0.274. The Morgan fingerprint density at radius 3 is 3.06 bits per heavy atom. The first-order valence-electron chi connectivity index (χ1n) is 6.24. The summed E-state index contributed by atoms with van der Waals surface area (Å²) in [6, 6.07) is 12.5. The summed E-state index contributed by atoms with van der Waals surface area (Å²) < 4.78 is 5.65. The second kappa shape index (κ2) is 4.69. The summed E-state index contributed by atoms with van der Waals surface area (Å²) in [4.78, 5) is 4.35. The fourth-order valence-corrected chi connectivity index (χ4v) is 2.29. The Morgan fingerprint density at radius 1 is 1.28 bits per heavy atom. The standard InChI is InChI=1S/C15H16N2O/c1-11-6-8-16-15(10-11)17-13-7-9-18-14-5-3-2-4-12(13)14/h2-6,8,10,13H,7,9H2,1H3,(H,16,17). The van der Waals surface area contributed by atoms with E-state index >= 15 is 0 Å². The number of hydrogen-bond donors (Lipinski definition) is 1. The quantitative estimate of drug-likeness (QED) is 0.874. The van der Waals surface area contributed by atoms with Crippen molar-refractivity contribution < 1.29 is 4.74 Å². The molecule has 3 heteroatoms. The molecule has 1 N–H and O–H groups in total. The molecule has 18 heavy (non-hydrogen) atoms. The lowest BCUT2D eigenvalue weighted by atomic mass is 10.0. The molecule has 2 heterocycles. The van der Waals surface area contributed by atoms with Crippen LogP contribution in [0.4, 0.5) is 5.82 Å². The van der Waals surface area contributed by atoms with E-state index < -0.39 is 0 Å². The average molecular weight is 240 g/mol. The third kappa shape index (κ3) is 2.16. The molecule has 0 radical (unpaired) electrons. The molecule has 1 unspecified atom stereocenters. The topological polar surface area (TPSA) is 34.2 Å². The van der Waals surface area contributed by atoms with E-state index in [0.717, 1.165) is 24.6 Å². The maximum Gasteiger partial charge on any atom is 0.126 e. The van der Waals surface area contributed by atoms with Gasteiger partial charge in [0.25, 0.3) is 0 Å². The number of aryl methyl sites for hydroxylation is 1. The maximum absolute atomic E-state index is 5.65. The third-order valence-corrected chi connectivity index (χ3v) is 3.20. The molecule has 0 bridgehead atoms. The van der Waals surface area contributed by atoms with Crippen molar-refractivity contribution in [2.75, 3.05) is 11.9 Å². The van der Waals surface area contributed by atoms with Crippen molar-refractivity contribution in [3.8, 4) is 5.75 Å². The van der Waals surface area contributed by atoms with E-state index in [9.17, 15) is 0 Å². The molecule has 1 atom stereocenters. The van der Waals surface area contributed by atoms with Crippen LogP contribution in [-0.2, 0) is 0 Å². The summed E-state index contributed by atoms with van der Waals surface area (Å²) in [5, 5.41) is 3.49. The molecule has 3 nitrogen and oxygen atoms in total. The first kappa shape index (κ1) is 11.1. The van der Waals surface area contributed by atoms with Gasteiger partial charge in [-0.1, -0.05) is 18.2 Å². The summed E-state index contributed by atoms with van der Waals surface area (Å²) in [5.41, 5.74) is 2.43. The van der Waals surface area contributed by atoms with Crippen molar-refractivity contribution in [1.82, 2.24) is 4.98 Å². The molecule has 1 aliphatic rings. The van der Waals surface area contributed by atoms with E-state index in [1.165, 1.54) is 11.1 Å². The number of ether oxygens (including phenoxy) is 1. The Balaban J connectivity index is 1.86. The number of benzene rings is 1. The minimum Gasteiger partial charge on any atom is -0.493 e. The minimum absolute atomic E-state index is 0.282. The molecule has 1 aliphatic heterocycles. The Labute approximate surface area is 107 Å². The van der Waals surface area contributed by atoms with Gasteiger partial charge in [0, 0.05) is 18.2 Å². The fourth-order valence-electron chi connectivity index (χ4n) is 2.29. The van der Waals surface area contributed by atoms with Crippen molar-refractivity contribution in [2.24, 2.45) is 0 Å². The predicted molar refractivity (Wildman–Crippen MR) is 71.9 cm³/mol. The molecule has 0 aliphatic carbocycles. The van der Waals surface area contributed by atoms with Gasteiger partial charge in [0.15, 0.2) is 0 Å². The molecular formula is C15H16N2O. The molecule has 3 rings (SSSR count). The Kier molecular flexibility index (Phi) is 2.89. The number of nitrogens with one attached hydrogen (secondary N) is 1.